The molecule has 29 heavy (non-hydrogen) atoms. The lowest BCUT2D eigenvalue weighted by Gasteiger charge is -2.19. The van der Waals surface area contributed by atoms with Gasteiger partial charge in [-0.25, -0.2) is 4.79 Å². The number of hydrogen-bond donors (Lipinski definition) is 3. The average Bonchev–Trinajstić information content (AvgIpc) is 3.25. The lowest BCUT2D eigenvalue weighted by Crippen LogP contribution is -2.44. The Kier molecular flexibility index (Phi) is 6.30. The van der Waals surface area contributed by atoms with Crippen LogP contribution in [0.4, 0.5) is 16.2 Å². The first kappa shape index (κ1) is 20.6. The van der Waals surface area contributed by atoms with Crippen molar-refractivity contribution in [2.24, 2.45) is 0 Å². The number of nitro benzene ring substituents is 1. The number of nitrogens with zero attached hydrogens (tertiary/aromatic N) is 2. The monoisotopic (exact) mass is 403 g/mol. The first-order valence-corrected chi connectivity index (χ1v) is 9.81. The second-order valence-electron chi connectivity index (χ2n) is 7.33. The minimum Gasteiger partial charge on any atom is -0.378 e. The number of imide groups is 1. The smallest absolute Gasteiger partial charge is 0.325 e. The Labute approximate surface area is 168 Å². The number of hydrogen-bond acceptors (Lipinski definition) is 6. The van der Waals surface area contributed by atoms with Gasteiger partial charge in [-0.3, -0.25) is 24.6 Å². The number of nitro groups is 1. The zero-order valence-electron chi connectivity index (χ0n) is 16.1. The molecule has 2 aliphatic rings. The molecule has 156 valence electrons. The van der Waals surface area contributed by atoms with Gasteiger partial charge in [0.05, 0.1) is 4.92 Å². The molecule has 1 heterocycles. The lowest BCUT2D eigenvalue weighted by molar-refractivity contribution is -0.384. The summed E-state index contributed by atoms with van der Waals surface area (Å²) in [5.74, 6) is -0.369. The molecular formula is C19H25N5O5. The first-order chi connectivity index (χ1) is 13.9. The number of rotatable bonds is 9. The second kappa shape index (κ2) is 8.89. The molecule has 10 heteroatoms. The first-order valence-electron chi connectivity index (χ1n) is 9.81. The fourth-order valence-electron chi connectivity index (χ4n) is 3.86. The summed E-state index contributed by atoms with van der Waals surface area (Å²) in [5.41, 5.74) is -0.344. The fraction of sp³-hybridized carbons (Fsp3) is 0.526. The molecule has 4 amide bonds. The van der Waals surface area contributed by atoms with E-state index in [4.69, 9.17) is 0 Å². The highest BCUT2D eigenvalue weighted by atomic mass is 16.6. The molecule has 1 spiro atoms. The summed E-state index contributed by atoms with van der Waals surface area (Å²) in [5, 5.41) is 19.4. The van der Waals surface area contributed by atoms with Gasteiger partial charge in [-0.15, -0.1) is 0 Å². The standard InChI is InChI=1S/C19H25N5O5/c25-16(21-12-11-20-14-6-1-2-7-15(14)24(28)29)8-5-13-23-17(26)19(22-18(23)27)9-3-4-10-19/h1-2,6-7,20H,3-5,8-13H2,(H,21,25)(H,22,27). The molecule has 2 fully saturated rings. The van der Waals surface area contributed by atoms with Gasteiger partial charge in [-0.2, -0.15) is 0 Å². The number of para-hydroxylation sites is 2. The van der Waals surface area contributed by atoms with Crippen LogP contribution >= 0.6 is 0 Å². The van der Waals surface area contributed by atoms with E-state index >= 15 is 0 Å². The van der Waals surface area contributed by atoms with Crippen molar-refractivity contribution in [2.45, 2.75) is 44.1 Å². The van der Waals surface area contributed by atoms with E-state index in [1.807, 2.05) is 0 Å². The zero-order valence-corrected chi connectivity index (χ0v) is 16.1. The van der Waals surface area contributed by atoms with Gasteiger partial charge in [0.1, 0.15) is 11.2 Å². The molecule has 1 aliphatic heterocycles. The Morgan fingerprint density at radius 1 is 1.21 bits per heavy atom. The van der Waals surface area contributed by atoms with Gasteiger partial charge in [0.2, 0.25) is 5.91 Å². The molecule has 10 nitrogen and oxygen atoms in total. The van der Waals surface area contributed by atoms with E-state index in [9.17, 15) is 24.5 Å². The van der Waals surface area contributed by atoms with Crippen molar-refractivity contribution in [3.8, 4) is 0 Å². The number of urea groups is 1. The predicted octanol–water partition coefficient (Wildman–Crippen LogP) is 1.77. The normalized spacial score (nSPS) is 17.4. The predicted molar refractivity (Wildman–Crippen MR) is 105 cm³/mol. The minimum atomic E-state index is -0.717. The van der Waals surface area contributed by atoms with E-state index < -0.39 is 10.5 Å². The van der Waals surface area contributed by atoms with Gasteiger partial charge in [0.15, 0.2) is 0 Å². The summed E-state index contributed by atoms with van der Waals surface area (Å²) in [6, 6.07) is 5.93. The summed E-state index contributed by atoms with van der Waals surface area (Å²) in [6.07, 6.45) is 3.81. The summed E-state index contributed by atoms with van der Waals surface area (Å²) < 4.78 is 0. The van der Waals surface area contributed by atoms with Crippen LogP contribution in [0, 0.1) is 10.1 Å². The van der Waals surface area contributed by atoms with E-state index in [2.05, 4.69) is 16.0 Å². The molecule has 0 bridgehead atoms. The van der Waals surface area contributed by atoms with E-state index in [0.29, 0.717) is 38.0 Å². The highest BCUT2D eigenvalue weighted by molar-refractivity contribution is 6.07. The Bertz CT molecular complexity index is 806. The Hall–Kier alpha value is -3.17. The largest absolute Gasteiger partial charge is 0.378 e. The minimum absolute atomic E-state index is 0.0209. The summed E-state index contributed by atoms with van der Waals surface area (Å²) in [4.78, 5) is 48.3. The second-order valence-corrected chi connectivity index (χ2v) is 7.33. The van der Waals surface area contributed by atoms with Crippen molar-refractivity contribution in [2.75, 3.05) is 25.0 Å². The van der Waals surface area contributed by atoms with Crippen molar-refractivity contribution in [1.82, 2.24) is 15.5 Å². The van der Waals surface area contributed by atoms with Gasteiger partial charge in [0, 0.05) is 32.1 Å². The van der Waals surface area contributed by atoms with E-state index in [1.165, 1.54) is 11.0 Å². The lowest BCUT2D eigenvalue weighted by atomic mass is 9.98. The highest BCUT2D eigenvalue weighted by Crippen LogP contribution is 2.35. The number of carbonyl (C=O) groups excluding carboxylic acids is 3. The van der Waals surface area contributed by atoms with Crippen LogP contribution < -0.4 is 16.0 Å². The number of anilines is 1. The van der Waals surface area contributed by atoms with Crippen LogP contribution in [0.25, 0.3) is 0 Å². The molecular weight excluding hydrogens is 378 g/mol. The van der Waals surface area contributed by atoms with Gasteiger partial charge >= 0.3 is 6.03 Å². The summed E-state index contributed by atoms with van der Waals surface area (Å²) in [7, 11) is 0. The number of benzene rings is 1. The van der Waals surface area contributed by atoms with Gasteiger partial charge < -0.3 is 16.0 Å². The van der Waals surface area contributed by atoms with Crippen LogP contribution in [0.2, 0.25) is 0 Å². The van der Waals surface area contributed by atoms with Gasteiger partial charge in [-0.1, -0.05) is 25.0 Å². The Morgan fingerprint density at radius 2 is 1.93 bits per heavy atom. The number of nitrogens with one attached hydrogen (secondary N) is 3. The maximum Gasteiger partial charge on any atom is 0.325 e. The third-order valence-electron chi connectivity index (χ3n) is 5.35. The molecule has 1 saturated carbocycles. The van der Waals surface area contributed by atoms with Gasteiger partial charge in [-0.05, 0) is 25.3 Å². The van der Waals surface area contributed by atoms with E-state index in [1.54, 1.807) is 18.2 Å². The van der Waals surface area contributed by atoms with Crippen LogP contribution in [-0.4, -0.2) is 52.8 Å². The van der Waals surface area contributed by atoms with E-state index in [-0.39, 0.29) is 36.5 Å². The molecule has 1 aliphatic carbocycles. The van der Waals surface area contributed by atoms with Crippen molar-refractivity contribution in [1.29, 1.82) is 0 Å². The number of carbonyl (C=O) groups is 3. The molecule has 0 atom stereocenters. The van der Waals surface area contributed by atoms with Crippen molar-refractivity contribution in [3.63, 3.8) is 0 Å². The van der Waals surface area contributed by atoms with Gasteiger partial charge in [0.25, 0.3) is 11.6 Å². The maximum absolute atomic E-state index is 12.5. The fourth-order valence-corrected chi connectivity index (χ4v) is 3.86. The molecule has 1 saturated heterocycles. The van der Waals surface area contributed by atoms with Crippen molar-refractivity contribution < 1.29 is 19.3 Å². The molecule has 1 aromatic rings. The molecule has 1 aromatic carbocycles. The third-order valence-corrected chi connectivity index (χ3v) is 5.35. The van der Waals surface area contributed by atoms with Crippen molar-refractivity contribution in [3.05, 3.63) is 34.4 Å². The SMILES string of the molecule is O=C(CCCN1C(=O)NC2(CCCC2)C1=O)NCCNc1ccccc1[N+](=O)[O-]. The van der Waals surface area contributed by atoms with E-state index in [0.717, 1.165) is 12.8 Å². The topological polar surface area (TPSA) is 134 Å². The molecule has 3 rings (SSSR count). The highest BCUT2D eigenvalue weighted by Gasteiger charge is 2.51. The molecule has 3 N–H and O–H groups in total. The Balaban J connectivity index is 1.35. The quantitative estimate of drug-likeness (QED) is 0.249. The van der Waals surface area contributed by atoms with Crippen LogP contribution in [0.3, 0.4) is 0 Å². The Morgan fingerprint density at radius 3 is 2.66 bits per heavy atom. The third kappa shape index (κ3) is 4.64. The molecule has 0 radical (unpaired) electrons. The van der Waals surface area contributed by atoms with Crippen LogP contribution in [-0.2, 0) is 9.59 Å². The van der Waals surface area contributed by atoms with Crippen LogP contribution in [0.1, 0.15) is 38.5 Å². The number of amides is 4. The summed E-state index contributed by atoms with van der Waals surface area (Å²) >= 11 is 0. The summed E-state index contributed by atoms with van der Waals surface area (Å²) in [6.45, 7) is 0.859. The van der Waals surface area contributed by atoms with Crippen molar-refractivity contribution >= 4 is 29.2 Å². The average molecular weight is 403 g/mol. The van der Waals surface area contributed by atoms with Crippen LogP contribution in [0.15, 0.2) is 24.3 Å². The zero-order chi connectivity index (χ0) is 20.9. The molecule has 0 aromatic heterocycles. The maximum atomic E-state index is 12.5. The molecule has 0 unspecified atom stereocenters. The van der Waals surface area contributed by atoms with Crippen LogP contribution in [0.5, 0.6) is 0 Å².